The van der Waals surface area contributed by atoms with E-state index in [1.807, 2.05) is 67.5 Å². The minimum atomic E-state index is -0.342. The Morgan fingerprint density at radius 3 is 2.52 bits per heavy atom. The Morgan fingerprint density at radius 2 is 1.85 bits per heavy atom. The molecule has 0 aliphatic heterocycles. The number of rotatable bonds is 6. The molecule has 138 valence electrons. The molecule has 0 spiro atoms. The summed E-state index contributed by atoms with van der Waals surface area (Å²) in [5, 5.41) is 8.30. The summed E-state index contributed by atoms with van der Waals surface area (Å²) in [4.78, 5) is 14.2. The molecule has 0 saturated carbocycles. The van der Waals surface area contributed by atoms with Crippen LogP contribution in [0.5, 0.6) is 0 Å². The fourth-order valence-corrected chi connectivity index (χ4v) is 2.69. The minimum absolute atomic E-state index is 0.326. The third-order valence-corrected chi connectivity index (χ3v) is 4.45. The lowest BCUT2D eigenvalue weighted by atomic mass is 10.2. The zero-order valence-corrected chi connectivity index (χ0v) is 16.7. The van der Waals surface area contributed by atoms with Gasteiger partial charge in [-0.15, -0.1) is 0 Å². The topological polar surface area (TPSA) is 62.5 Å². The quantitative estimate of drug-likeness (QED) is 0.485. The van der Waals surface area contributed by atoms with Crippen molar-refractivity contribution in [3.63, 3.8) is 0 Å². The molecule has 1 N–H and O–H groups in total. The first-order valence-corrected chi connectivity index (χ1v) is 9.19. The predicted octanol–water partition coefficient (Wildman–Crippen LogP) is 3.52. The van der Waals surface area contributed by atoms with Crippen molar-refractivity contribution in [2.75, 3.05) is 19.0 Å². The average molecular weight is 426 g/mol. The third kappa shape index (κ3) is 5.27. The number of hydrazone groups is 1. The highest BCUT2D eigenvalue weighted by atomic mass is 79.9. The number of hydrogen-bond donors (Lipinski definition) is 1. The molecular formula is C20H20BrN5O. The van der Waals surface area contributed by atoms with Gasteiger partial charge in [0.2, 0.25) is 0 Å². The van der Waals surface area contributed by atoms with E-state index in [0.717, 1.165) is 21.3 Å². The summed E-state index contributed by atoms with van der Waals surface area (Å²) in [7, 11) is 3.97. The van der Waals surface area contributed by atoms with E-state index in [2.05, 4.69) is 31.6 Å². The molecule has 6 nitrogen and oxygen atoms in total. The maximum atomic E-state index is 12.2. The number of nitrogens with one attached hydrogen (secondary N) is 1. The number of carbonyl (C=O) groups excluding carboxylic acids is 1. The lowest BCUT2D eigenvalue weighted by Gasteiger charge is -2.11. The Balaban J connectivity index is 1.56. The van der Waals surface area contributed by atoms with Crippen LogP contribution in [0.25, 0.3) is 0 Å². The van der Waals surface area contributed by atoms with Gasteiger partial charge < -0.3 is 4.90 Å². The maximum absolute atomic E-state index is 12.2. The van der Waals surface area contributed by atoms with Crippen molar-refractivity contribution in [1.29, 1.82) is 0 Å². The summed E-state index contributed by atoms with van der Waals surface area (Å²) in [5.74, 6) is -0.342. The van der Waals surface area contributed by atoms with Crippen molar-refractivity contribution in [2.45, 2.75) is 6.54 Å². The van der Waals surface area contributed by atoms with E-state index in [1.54, 1.807) is 23.2 Å². The molecule has 1 heterocycles. The van der Waals surface area contributed by atoms with Crippen LogP contribution in [0.2, 0.25) is 0 Å². The van der Waals surface area contributed by atoms with Gasteiger partial charge >= 0.3 is 0 Å². The van der Waals surface area contributed by atoms with Crippen molar-refractivity contribution in [2.24, 2.45) is 5.10 Å². The molecule has 1 aromatic heterocycles. The highest BCUT2D eigenvalue weighted by Crippen LogP contribution is 2.12. The second-order valence-electron chi connectivity index (χ2n) is 6.21. The van der Waals surface area contributed by atoms with E-state index >= 15 is 0 Å². The van der Waals surface area contributed by atoms with Crippen molar-refractivity contribution in [1.82, 2.24) is 15.2 Å². The molecule has 0 aliphatic carbocycles. The summed E-state index contributed by atoms with van der Waals surface area (Å²) in [5.41, 5.74) is 5.95. The first-order valence-electron chi connectivity index (χ1n) is 8.40. The van der Waals surface area contributed by atoms with Gasteiger partial charge in [-0.05, 0) is 41.5 Å². The monoisotopic (exact) mass is 425 g/mol. The summed E-state index contributed by atoms with van der Waals surface area (Å²) < 4.78 is 2.75. The summed E-state index contributed by atoms with van der Waals surface area (Å²) in [6.07, 6.45) is 3.39. The van der Waals surface area contributed by atoms with E-state index in [0.29, 0.717) is 12.2 Å². The van der Waals surface area contributed by atoms with Gasteiger partial charge in [0.05, 0.1) is 12.8 Å². The van der Waals surface area contributed by atoms with Gasteiger partial charge in [0, 0.05) is 30.5 Å². The molecule has 0 radical (unpaired) electrons. The van der Waals surface area contributed by atoms with Gasteiger partial charge in [0.25, 0.3) is 5.91 Å². The fraction of sp³-hybridized carbons (Fsp3) is 0.150. The second-order valence-corrected chi connectivity index (χ2v) is 7.13. The first kappa shape index (κ1) is 18.8. The molecule has 3 rings (SSSR count). The molecule has 0 aliphatic rings. The van der Waals surface area contributed by atoms with Crippen LogP contribution in [0.1, 0.15) is 21.6 Å². The molecule has 3 aromatic rings. The molecule has 1 amide bonds. The molecular weight excluding hydrogens is 406 g/mol. The Hall–Kier alpha value is -2.93. The number of hydrogen-bond acceptors (Lipinski definition) is 4. The molecule has 27 heavy (non-hydrogen) atoms. The first-order chi connectivity index (χ1) is 13.0. The summed E-state index contributed by atoms with van der Waals surface area (Å²) >= 11 is 3.41. The summed E-state index contributed by atoms with van der Waals surface area (Å²) in [6, 6.07) is 17.5. The number of amides is 1. The smallest absolute Gasteiger partial charge is 0.291 e. The molecule has 0 saturated heterocycles. The maximum Gasteiger partial charge on any atom is 0.291 e. The normalized spacial score (nSPS) is 10.9. The average Bonchev–Trinajstić information content (AvgIpc) is 3.12. The van der Waals surface area contributed by atoms with Crippen molar-refractivity contribution in [3.8, 4) is 0 Å². The van der Waals surface area contributed by atoms with Crippen LogP contribution in [0.3, 0.4) is 0 Å². The number of halogens is 1. The van der Waals surface area contributed by atoms with Crippen LogP contribution < -0.4 is 10.3 Å². The van der Waals surface area contributed by atoms with Crippen LogP contribution >= 0.6 is 15.9 Å². The second kappa shape index (κ2) is 8.64. The standard InChI is InChI=1S/C20H20BrN5O/c1-25(2)18-9-5-15(6-10-18)13-22-23-20(27)19-11-12-26(24-19)14-16-3-7-17(21)8-4-16/h3-13H,14H2,1-2H3,(H,23,27). The van der Waals surface area contributed by atoms with E-state index in [-0.39, 0.29) is 5.91 Å². The zero-order valence-electron chi connectivity index (χ0n) is 15.1. The van der Waals surface area contributed by atoms with Crippen molar-refractivity contribution < 1.29 is 4.79 Å². The molecule has 0 fully saturated rings. The number of aromatic nitrogens is 2. The van der Waals surface area contributed by atoms with Gasteiger partial charge in [-0.25, -0.2) is 5.43 Å². The van der Waals surface area contributed by atoms with Gasteiger partial charge in [-0.2, -0.15) is 10.2 Å². The van der Waals surface area contributed by atoms with E-state index < -0.39 is 0 Å². The molecule has 7 heteroatoms. The van der Waals surface area contributed by atoms with E-state index in [4.69, 9.17) is 0 Å². The van der Waals surface area contributed by atoms with E-state index in [9.17, 15) is 4.79 Å². The Morgan fingerprint density at radius 1 is 1.15 bits per heavy atom. The largest absolute Gasteiger partial charge is 0.378 e. The molecule has 2 aromatic carbocycles. The van der Waals surface area contributed by atoms with Crippen molar-refractivity contribution >= 4 is 33.7 Å². The molecule has 0 atom stereocenters. The highest BCUT2D eigenvalue weighted by Gasteiger charge is 2.08. The Labute approximate surface area is 166 Å². The number of anilines is 1. The number of benzene rings is 2. The predicted molar refractivity (Wildman–Crippen MR) is 111 cm³/mol. The molecule has 0 bridgehead atoms. The van der Waals surface area contributed by atoms with Crippen molar-refractivity contribution in [3.05, 3.63) is 82.1 Å². The molecule has 0 unspecified atom stereocenters. The van der Waals surface area contributed by atoms with E-state index in [1.165, 1.54) is 0 Å². The highest BCUT2D eigenvalue weighted by molar-refractivity contribution is 9.10. The van der Waals surface area contributed by atoms with Crippen LogP contribution in [0.15, 0.2) is 70.4 Å². The van der Waals surface area contributed by atoms with Gasteiger partial charge in [-0.1, -0.05) is 40.2 Å². The lowest BCUT2D eigenvalue weighted by Crippen LogP contribution is -2.18. The van der Waals surface area contributed by atoms with Gasteiger partial charge in [-0.3, -0.25) is 9.48 Å². The van der Waals surface area contributed by atoms with Gasteiger partial charge in [0.1, 0.15) is 0 Å². The van der Waals surface area contributed by atoms with Crippen LogP contribution in [0.4, 0.5) is 5.69 Å². The van der Waals surface area contributed by atoms with Crippen LogP contribution in [-0.4, -0.2) is 36.0 Å². The Kier molecular flexibility index (Phi) is 6.03. The van der Waals surface area contributed by atoms with Crippen LogP contribution in [-0.2, 0) is 6.54 Å². The number of nitrogens with zero attached hydrogens (tertiary/aromatic N) is 4. The lowest BCUT2D eigenvalue weighted by molar-refractivity contribution is 0.0949. The minimum Gasteiger partial charge on any atom is -0.378 e. The number of carbonyl (C=O) groups is 1. The van der Waals surface area contributed by atoms with Gasteiger partial charge in [0.15, 0.2) is 5.69 Å². The summed E-state index contributed by atoms with van der Waals surface area (Å²) in [6.45, 7) is 0.599. The SMILES string of the molecule is CN(C)c1ccc(C=NNC(=O)c2ccn(Cc3ccc(Br)cc3)n2)cc1. The third-order valence-electron chi connectivity index (χ3n) is 3.92. The van der Waals surface area contributed by atoms with Crippen LogP contribution in [0, 0.1) is 0 Å². The Bertz CT molecular complexity index is 930. The zero-order chi connectivity index (χ0) is 19.2. The fourth-order valence-electron chi connectivity index (χ4n) is 2.43.